The van der Waals surface area contributed by atoms with Crippen molar-refractivity contribution in [3.05, 3.63) is 97.2 Å². The molecule has 2 atom stereocenters. The minimum absolute atomic E-state index is 0.178. The molecule has 9 nitrogen and oxygen atoms in total. The maximum absolute atomic E-state index is 12.8. The average Bonchev–Trinajstić information content (AvgIpc) is 3.28. The number of carboxylic acids is 1. The summed E-state index contributed by atoms with van der Waals surface area (Å²) in [4.78, 5) is 37.2. The summed E-state index contributed by atoms with van der Waals surface area (Å²) in [5.41, 5.74) is 0. The normalized spacial score (nSPS) is 13.7. The van der Waals surface area contributed by atoms with E-state index in [9.17, 15) is 19.5 Å². The lowest BCUT2D eigenvalue weighted by Crippen LogP contribution is -2.40. The molecule has 376 valence electrons. The minimum atomic E-state index is -1.52. The fourth-order valence-electron chi connectivity index (χ4n) is 6.62. The van der Waals surface area contributed by atoms with Gasteiger partial charge < -0.3 is 28.5 Å². The number of carbonyl (C=O) groups is 3. The Kier molecular flexibility index (Phi) is 45.0. The largest absolute Gasteiger partial charge is 0.477 e. The molecule has 66 heavy (non-hydrogen) atoms. The number of quaternary nitrogens is 1. The summed E-state index contributed by atoms with van der Waals surface area (Å²) in [6.45, 7) is 4.71. The summed E-state index contributed by atoms with van der Waals surface area (Å²) in [5.74, 6) is -2.05. The van der Waals surface area contributed by atoms with E-state index in [1.54, 1.807) is 0 Å². The summed E-state index contributed by atoms with van der Waals surface area (Å²) < 4.78 is 22.7. The standard InChI is InChI=1S/C57H95NO8/c1-6-8-10-12-14-16-18-20-21-22-23-24-25-26-27-28-29-30-31-32-33-34-35-36-38-40-42-44-46-48-55(60)66-53(52-65-57(56(61)62)63-50-49-58(3,4)5)51-64-54(59)47-45-43-41-39-37-19-17-15-13-11-9-7-2/h8,10,14,16,20-21,23-24,26-27,29-30,32-33,35-36,53,57H,6-7,9,11-13,15,17-19,22,25,28,31,34,37-52H2,1-5H3/p+1/b10-8-,16-14-,21-20-,24-23-,27-26-,30-29-,33-32-,36-35-. The third-order valence-corrected chi connectivity index (χ3v) is 10.6. The van der Waals surface area contributed by atoms with E-state index in [1.807, 2.05) is 21.1 Å². The number of nitrogens with zero attached hydrogens (tertiary/aromatic N) is 1. The number of ether oxygens (including phenoxy) is 4. The van der Waals surface area contributed by atoms with Crippen LogP contribution in [0.5, 0.6) is 0 Å². The summed E-state index contributed by atoms with van der Waals surface area (Å²) >= 11 is 0. The van der Waals surface area contributed by atoms with Crippen LogP contribution in [-0.4, -0.2) is 87.4 Å². The van der Waals surface area contributed by atoms with Crippen molar-refractivity contribution in [3.63, 3.8) is 0 Å². The average molecular weight is 923 g/mol. The van der Waals surface area contributed by atoms with Gasteiger partial charge in [0.15, 0.2) is 6.10 Å². The van der Waals surface area contributed by atoms with Gasteiger partial charge in [-0.3, -0.25) is 9.59 Å². The number of allylic oxidation sites excluding steroid dienone is 16. The number of unbranched alkanes of at least 4 members (excludes halogenated alkanes) is 15. The summed E-state index contributed by atoms with van der Waals surface area (Å²) in [7, 11) is 5.94. The molecule has 0 aromatic rings. The molecule has 0 amide bonds. The van der Waals surface area contributed by atoms with Crippen molar-refractivity contribution in [2.45, 2.75) is 200 Å². The van der Waals surface area contributed by atoms with E-state index in [1.165, 1.54) is 57.8 Å². The lowest BCUT2D eigenvalue weighted by Gasteiger charge is -2.25. The van der Waals surface area contributed by atoms with Gasteiger partial charge in [-0.25, -0.2) is 4.79 Å². The molecular formula is C57H96NO8+. The van der Waals surface area contributed by atoms with Crippen LogP contribution in [0.25, 0.3) is 0 Å². The van der Waals surface area contributed by atoms with E-state index >= 15 is 0 Å². The van der Waals surface area contributed by atoms with E-state index in [2.05, 4.69) is 111 Å². The number of likely N-dealkylation sites (N-methyl/N-ethyl adjacent to an activating group) is 1. The van der Waals surface area contributed by atoms with Crippen LogP contribution in [0.3, 0.4) is 0 Å². The third kappa shape index (κ3) is 48.2. The zero-order chi connectivity index (χ0) is 48.4. The molecule has 0 aliphatic heterocycles. The van der Waals surface area contributed by atoms with Crippen LogP contribution >= 0.6 is 0 Å². The molecular weight excluding hydrogens is 827 g/mol. The first kappa shape index (κ1) is 62.2. The molecule has 0 aromatic carbocycles. The van der Waals surface area contributed by atoms with Gasteiger partial charge in [-0.15, -0.1) is 0 Å². The molecule has 0 aliphatic rings. The Morgan fingerprint density at radius 3 is 1.29 bits per heavy atom. The fourth-order valence-corrected chi connectivity index (χ4v) is 6.62. The van der Waals surface area contributed by atoms with Crippen LogP contribution in [-0.2, 0) is 33.3 Å². The van der Waals surface area contributed by atoms with Crippen LogP contribution in [0.15, 0.2) is 97.2 Å². The monoisotopic (exact) mass is 923 g/mol. The second-order valence-electron chi connectivity index (χ2n) is 18.1. The summed E-state index contributed by atoms with van der Waals surface area (Å²) in [6, 6.07) is 0. The van der Waals surface area contributed by atoms with Gasteiger partial charge in [-0.05, 0) is 77.0 Å². The number of hydrogen-bond donors (Lipinski definition) is 1. The van der Waals surface area contributed by atoms with Crippen molar-refractivity contribution in [1.82, 2.24) is 0 Å². The fraction of sp³-hybridized carbons (Fsp3) is 0.667. The zero-order valence-corrected chi connectivity index (χ0v) is 42.6. The molecule has 0 spiro atoms. The van der Waals surface area contributed by atoms with Crippen LogP contribution in [0.2, 0.25) is 0 Å². The summed E-state index contributed by atoms with van der Waals surface area (Å²) in [5, 5.41) is 9.66. The number of rotatable bonds is 46. The number of carbonyl (C=O) groups excluding carboxylic acids is 2. The Bertz CT molecular complexity index is 1400. The molecule has 9 heteroatoms. The maximum atomic E-state index is 12.8. The van der Waals surface area contributed by atoms with Gasteiger partial charge in [-0.2, -0.15) is 0 Å². The van der Waals surface area contributed by atoms with Gasteiger partial charge in [0, 0.05) is 12.8 Å². The second-order valence-corrected chi connectivity index (χ2v) is 18.1. The number of esters is 2. The van der Waals surface area contributed by atoms with Gasteiger partial charge in [0.25, 0.3) is 6.29 Å². The Balaban J connectivity index is 4.36. The predicted octanol–water partition coefficient (Wildman–Crippen LogP) is 14.6. The highest BCUT2D eigenvalue weighted by molar-refractivity contribution is 5.71. The summed E-state index contributed by atoms with van der Waals surface area (Å²) in [6.07, 6.45) is 60.5. The van der Waals surface area contributed by atoms with E-state index in [0.29, 0.717) is 23.9 Å². The Labute approximate surface area is 403 Å². The molecule has 2 unspecified atom stereocenters. The molecule has 0 saturated heterocycles. The Morgan fingerprint density at radius 2 is 0.864 bits per heavy atom. The van der Waals surface area contributed by atoms with Gasteiger partial charge in [-0.1, -0.05) is 195 Å². The maximum Gasteiger partial charge on any atom is 0.361 e. The Hall–Kier alpha value is -3.79. The van der Waals surface area contributed by atoms with Crippen molar-refractivity contribution < 1.29 is 42.9 Å². The minimum Gasteiger partial charge on any atom is -0.477 e. The first-order chi connectivity index (χ1) is 32.1. The molecule has 0 saturated carbocycles. The highest BCUT2D eigenvalue weighted by Crippen LogP contribution is 2.14. The van der Waals surface area contributed by atoms with Crippen molar-refractivity contribution in [2.75, 3.05) is 47.5 Å². The smallest absolute Gasteiger partial charge is 0.361 e. The van der Waals surface area contributed by atoms with Crippen LogP contribution in [0.1, 0.15) is 187 Å². The van der Waals surface area contributed by atoms with Crippen LogP contribution in [0.4, 0.5) is 0 Å². The first-order valence-electron chi connectivity index (χ1n) is 25.9. The zero-order valence-electron chi connectivity index (χ0n) is 42.6. The molecule has 0 fully saturated rings. The molecule has 0 heterocycles. The Morgan fingerprint density at radius 1 is 0.470 bits per heavy atom. The quantitative estimate of drug-likeness (QED) is 0.0211. The van der Waals surface area contributed by atoms with Gasteiger partial charge in [0.05, 0.1) is 34.4 Å². The SMILES string of the molecule is CC/C=C\C/C=C\C/C=C\C/C=C\C/C=C\C/C=C\C/C=C\C/C=C\CCCCCCC(=O)OC(COC(=O)CCCCCCCCCCCCCC)COC(OCC[N+](C)(C)C)C(=O)O. The van der Waals surface area contributed by atoms with Gasteiger partial charge in [0.2, 0.25) is 0 Å². The number of hydrogen-bond acceptors (Lipinski definition) is 7. The molecule has 1 N–H and O–H groups in total. The topological polar surface area (TPSA) is 108 Å². The third-order valence-electron chi connectivity index (χ3n) is 10.6. The highest BCUT2D eigenvalue weighted by atomic mass is 16.7. The van der Waals surface area contributed by atoms with Crippen molar-refractivity contribution in [3.8, 4) is 0 Å². The molecule has 0 radical (unpaired) electrons. The molecule has 0 aromatic heterocycles. The number of carboxylic acid groups (broad SMARTS) is 1. The van der Waals surface area contributed by atoms with Crippen molar-refractivity contribution in [2.24, 2.45) is 0 Å². The van der Waals surface area contributed by atoms with Crippen molar-refractivity contribution >= 4 is 17.9 Å². The lowest BCUT2D eigenvalue weighted by molar-refractivity contribution is -0.870. The molecule has 0 bridgehead atoms. The first-order valence-corrected chi connectivity index (χ1v) is 25.9. The number of aliphatic carboxylic acids is 1. The molecule has 0 rings (SSSR count). The van der Waals surface area contributed by atoms with E-state index < -0.39 is 24.3 Å². The molecule has 0 aliphatic carbocycles. The van der Waals surface area contributed by atoms with Crippen LogP contribution < -0.4 is 0 Å². The van der Waals surface area contributed by atoms with E-state index in [4.69, 9.17) is 18.9 Å². The van der Waals surface area contributed by atoms with Gasteiger partial charge >= 0.3 is 17.9 Å². The highest BCUT2D eigenvalue weighted by Gasteiger charge is 2.25. The van der Waals surface area contributed by atoms with Crippen molar-refractivity contribution in [1.29, 1.82) is 0 Å². The van der Waals surface area contributed by atoms with Crippen LogP contribution in [0, 0.1) is 0 Å². The van der Waals surface area contributed by atoms with Gasteiger partial charge in [0.1, 0.15) is 13.2 Å². The van der Waals surface area contributed by atoms with E-state index in [0.717, 1.165) is 96.3 Å². The predicted molar refractivity (Wildman–Crippen MR) is 276 cm³/mol. The second kappa shape index (κ2) is 47.7. The van der Waals surface area contributed by atoms with E-state index in [-0.39, 0.29) is 32.2 Å². The lowest BCUT2D eigenvalue weighted by atomic mass is 10.0.